The zero-order valence-electron chi connectivity index (χ0n) is 15.1. The minimum atomic E-state index is 0.344. The summed E-state index contributed by atoms with van der Waals surface area (Å²) in [6.07, 6.45) is 3.36. The van der Waals surface area contributed by atoms with Gasteiger partial charge in [-0.1, -0.05) is 43.6 Å². The summed E-state index contributed by atoms with van der Waals surface area (Å²) in [7, 11) is 0. The molecule has 4 rings (SSSR count). The number of fused-ring (bicyclic) bond motifs is 1. The van der Waals surface area contributed by atoms with Crippen molar-refractivity contribution in [3.63, 3.8) is 0 Å². The number of nitrogens with zero attached hydrogens (tertiary/aromatic N) is 3. The zero-order chi connectivity index (χ0) is 17.4. The lowest BCUT2D eigenvalue weighted by Gasteiger charge is -2.38. The smallest absolute Gasteiger partial charge is 0.147 e. The number of rotatable bonds is 2. The van der Waals surface area contributed by atoms with Gasteiger partial charge in [0.2, 0.25) is 0 Å². The molecule has 3 nitrogen and oxygen atoms in total. The molecule has 2 aromatic rings. The van der Waals surface area contributed by atoms with Gasteiger partial charge in [-0.05, 0) is 48.4 Å². The highest BCUT2D eigenvalue weighted by Gasteiger charge is 2.28. The van der Waals surface area contributed by atoms with Crippen molar-refractivity contribution in [1.82, 2.24) is 4.98 Å². The average Bonchev–Trinajstić information content (AvgIpc) is 2.62. The number of hydrogen-bond acceptors (Lipinski definition) is 3. The molecule has 2 aliphatic rings. The molecule has 0 unspecified atom stereocenters. The molecular formula is C21H26ClN3. The predicted molar refractivity (Wildman–Crippen MR) is 106 cm³/mol. The number of para-hydroxylation sites is 1. The SMILES string of the molecule is CC1(C)CCc2cc(Cl)c(N3CCN(c4ccccc4)CC3)nc2C1. The van der Waals surface area contributed by atoms with E-state index in [-0.39, 0.29) is 0 Å². The Morgan fingerprint density at radius 1 is 1.00 bits per heavy atom. The Hall–Kier alpha value is -1.74. The molecule has 0 saturated carbocycles. The molecule has 0 bridgehead atoms. The van der Waals surface area contributed by atoms with Crippen molar-refractivity contribution in [2.45, 2.75) is 33.1 Å². The van der Waals surface area contributed by atoms with Crippen molar-refractivity contribution in [3.05, 3.63) is 52.7 Å². The number of aryl methyl sites for hydroxylation is 1. The Bertz CT molecular complexity index is 749. The van der Waals surface area contributed by atoms with E-state index in [1.165, 1.54) is 23.4 Å². The average molecular weight is 356 g/mol. The zero-order valence-corrected chi connectivity index (χ0v) is 15.9. The first-order valence-corrected chi connectivity index (χ1v) is 9.63. The van der Waals surface area contributed by atoms with Gasteiger partial charge in [-0.3, -0.25) is 0 Å². The summed E-state index contributed by atoms with van der Waals surface area (Å²) in [5.41, 5.74) is 4.24. The van der Waals surface area contributed by atoms with E-state index >= 15 is 0 Å². The number of hydrogen-bond donors (Lipinski definition) is 0. The molecule has 1 aliphatic heterocycles. The van der Waals surface area contributed by atoms with Crippen LogP contribution in [0.25, 0.3) is 0 Å². The highest BCUT2D eigenvalue weighted by atomic mass is 35.5. The minimum Gasteiger partial charge on any atom is -0.368 e. The Balaban J connectivity index is 1.52. The lowest BCUT2D eigenvalue weighted by atomic mass is 9.76. The van der Waals surface area contributed by atoms with Gasteiger partial charge < -0.3 is 9.80 Å². The fourth-order valence-corrected chi connectivity index (χ4v) is 4.27. The maximum Gasteiger partial charge on any atom is 0.147 e. The van der Waals surface area contributed by atoms with Crippen molar-refractivity contribution in [2.24, 2.45) is 5.41 Å². The molecular weight excluding hydrogens is 330 g/mol. The number of benzene rings is 1. The topological polar surface area (TPSA) is 19.4 Å². The second-order valence-corrected chi connectivity index (χ2v) is 8.46. The highest BCUT2D eigenvalue weighted by molar-refractivity contribution is 6.33. The van der Waals surface area contributed by atoms with Gasteiger partial charge >= 0.3 is 0 Å². The molecule has 1 saturated heterocycles. The number of halogens is 1. The fourth-order valence-electron chi connectivity index (χ4n) is 3.98. The lowest BCUT2D eigenvalue weighted by molar-refractivity contribution is 0.310. The van der Waals surface area contributed by atoms with Crippen LogP contribution in [0.2, 0.25) is 5.02 Å². The van der Waals surface area contributed by atoms with E-state index in [0.29, 0.717) is 5.41 Å². The van der Waals surface area contributed by atoms with Crippen LogP contribution in [-0.2, 0) is 12.8 Å². The summed E-state index contributed by atoms with van der Waals surface area (Å²) in [6.45, 7) is 8.61. The van der Waals surface area contributed by atoms with E-state index < -0.39 is 0 Å². The first-order chi connectivity index (χ1) is 12.0. The van der Waals surface area contributed by atoms with E-state index in [2.05, 4.69) is 60.0 Å². The predicted octanol–water partition coefficient (Wildman–Crippen LogP) is 4.58. The molecule has 0 N–H and O–H groups in total. The molecule has 25 heavy (non-hydrogen) atoms. The second-order valence-electron chi connectivity index (χ2n) is 8.05. The third-order valence-corrected chi connectivity index (χ3v) is 5.82. The monoisotopic (exact) mass is 355 g/mol. The maximum atomic E-state index is 6.60. The lowest BCUT2D eigenvalue weighted by Crippen LogP contribution is -2.47. The molecule has 1 aromatic carbocycles. The van der Waals surface area contributed by atoms with E-state index in [0.717, 1.165) is 49.9 Å². The largest absolute Gasteiger partial charge is 0.368 e. The van der Waals surface area contributed by atoms with Crippen molar-refractivity contribution in [1.29, 1.82) is 0 Å². The summed E-state index contributed by atoms with van der Waals surface area (Å²) < 4.78 is 0. The molecule has 1 aliphatic carbocycles. The van der Waals surface area contributed by atoms with Crippen LogP contribution < -0.4 is 9.80 Å². The number of anilines is 2. The van der Waals surface area contributed by atoms with Crippen molar-refractivity contribution in [2.75, 3.05) is 36.0 Å². The normalized spacial score (nSPS) is 19.6. The third kappa shape index (κ3) is 3.48. The van der Waals surface area contributed by atoms with Crippen molar-refractivity contribution >= 4 is 23.1 Å². The van der Waals surface area contributed by atoms with Crippen LogP contribution >= 0.6 is 11.6 Å². The van der Waals surface area contributed by atoms with Crippen LogP contribution in [0.3, 0.4) is 0 Å². The number of piperazine rings is 1. The van der Waals surface area contributed by atoms with Gasteiger partial charge in [-0.25, -0.2) is 4.98 Å². The molecule has 0 radical (unpaired) electrons. The standard InChI is InChI=1S/C21H26ClN3/c1-21(2)9-8-16-14-18(22)20(23-19(16)15-21)25-12-10-24(11-13-25)17-6-4-3-5-7-17/h3-7,14H,8-13,15H2,1-2H3. The Morgan fingerprint density at radius 2 is 1.68 bits per heavy atom. The van der Waals surface area contributed by atoms with E-state index in [1.807, 2.05) is 0 Å². The molecule has 2 heterocycles. The van der Waals surface area contributed by atoms with Crippen molar-refractivity contribution < 1.29 is 0 Å². The van der Waals surface area contributed by atoms with Gasteiger partial charge in [-0.15, -0.1) is 0 Å². The van der Waals surface area contributed by atoms with Gasteiger partial charge in [-0.2, -0.15) is 0 Å². The van der Waals surface area contributed by atoms with Crippen LogP contribution in [0.15, 0.2) is 36.4 Å². The molecule has 1 aromatic heterocycles. The van der Waals surface area contributed by atoms with Gasteiger partial charge in [0.15, 0.2) is 0 Å². The highest BCUT2D eigenvalue weighted by Crippen LogP contribution is 2.37. The molecule has 0 amide bonds. The quantitative estimate of drug-likeness (QED) is 0.786. The molecule has 132 valence electrons. The first kappa shape index (κ1) is 16.7. The summed E-state index contributed by atoms with van der Waals surface area (Å²) >= 11 is 6.60. The summed E-state index contributed by atoms with van der Waals surface area (Å²) in [5, 5.41) is 0.812. The van der Waals surface area contributed by atoms with Gasteiger partial charge in [0.1, 0.15) is 5.82 Å². The Kier molecular flexibility index (Phi) is 4.36. The van der Waals surface area contributed by atoms with E-state index in [1.54, 1.807) is 0 Å². The van der Waals surface area contributed by atoms with E-state index in [4.69, 9.17) is 16.6 Å². The van der Waals surface area contributed by atoms with E-state index in [9.17, 15) is 0 Å². The van der Waals surface area contributed by atoms with Crippen LogP contribution in [0.5, 0.6) is 0 Å². The van der Waals surface area contributed by atoms with Crippen LogP contribution in [0.1, 0.15) is 31.5 Å². The molecule has 0 atom stereocenters. The second kappa shape index (κ2) is 6.53. The van der Waals surface area contributed by atoms with Gasteiger partial charge in [0, 0.05) is 37.6 Å². The third-order valence-electron chi connectivity index (χ3n) is 5.54. The molecule has 1 fully saturated rings. The van der Waals surface area contributed by atoms with Crippen LogP contribution in [-0.4, -0.2) is 31.2 Å². The summed E-state index contributed by atoms with van der Waals surface area (Å²) in [5.74, 6) is 0.978. The Labute approximate surface area is 155 Å². The Morgan fingerprint density at radius 3 is 2.40 bits per heavy atom. The number of aromatic nitrogens is 1. The van der Waals surface area contributed by atoms with Gasteiger partial charge in [0.25, 0.3) is 0 Å². The van der Waals surface area contributed by atoms with Crippen molar-refractivity contribution in [3.8, 4) is 0 Å². The van der Waals surface area contributed by atoms with Crippen LogP contribution in [0, 0.1) is 5.41 Å². The summed E-state index contributed by atoms with van der Waals surface area (Å²) in [6, 6.07) is 12.8. The minimum absolute atomic E-state index is 0.344. The number of pyridine rings is 1. The first-order valence-electron chi connectivity index (χ1n) is 9.25. The molecule has 0 spiro atoms. The van der Waals surface area contributed by atoms with Crippen LogP contribution in [0.4, 0.5) is 11.5 Å². The molecule has 4 heteroatoms. The fraction of sp³-hybridized carbons (Fsp3) is 0.476. The maximum absolute atomic E-state index is 6.60. The van der Waals surface area contributed by atoms with Gasteiger partial charge in [0.05, 0.1) is 5.02 Å². The summed E-state index contributed by atoms with van der Waals surface area (Å²) in [4.78, 5) is 9.79.